The molecule has 2 rings (SSSR count). The number of thiazole rings is 1. The first-order chi connectivity index (χ1) is 6.81. The fourth-order valence-electron chi connectivity index (χ4n) is 1.75. The molecule has 1 aliphatic carbocycles. The molecule has 0 saturated heterocycles. The molecule has 14 heavy (non-hydrogen) atoms. The van der Waals surface area contributed by atoms with Crippen LogP contribution in [-0.4, -0.2) is 11.6 Å². The van der Waals surface area contributed by atoms with Crippen LogP contribution in [0.1, 0.15) is 41.4 Å². The summed E-state index contributed by atoms with van der Waals surface area (Å²) < 4.78 is 5.34. The topological polar surface area (TPSA) is 48.1 Å². The lowest BCUT2D eigenvalue weighted by Gasteiger charge is -2.15. The number of ether oxygens (including phenoxy) is 1. The molecule has 1 aromatic heterocycles. The lowest BCUT2D eigenvalue weighted by Crippen LogP contribution is -2.15. The van der Waals surface area contributed by atoms with Gasteiger partial charge in [0, 0.05) is 17.5 Å². The zero-order chi connectivity index (χ0) is 9.97. The number of nitrogens with zero attached hydrogens (tertiary/aromatic N) is 1. The van der Waals surface area contributed by atoms with Gasteiger partial charge in [0.2, 0.25) is 0 Å². The van der Waals surface area contributed by atoms with Crippen LogP contribution in [0.3, 0.4) is 0 Å². The Morgan fingerprint density at radius 1 is 1.64 bits per heavy atom. The highest BCUT2D eigenvalue weighted by Gasteiger charge is 2.21. The van der Waals surface area contributed by atoms with Gasteiger partial charge in [-0.25, -0.2) is 4.98 Å². The number of hydrogen-bond donors (Lipinski definition) is 1. The van der Waals surface area contributed by atoms with E-state index in [0.29, 0.717) is 6.61 Å². The van der Waals surface area contributed by atoms with Gasteiger partial charge in [-0.3, -0.25) is 0 Å². The van der Waals surface area contributed by atoms with Crippen molar-refractivity contribution >= 4 is 11.3 Å². The molecule has 0 bridgehead atoms. The molecule has 4 heteroatoms. The average Bonchev–Trinajstić information content (AvgIpc) is 2.59. The molecule has 0 saturated carbocycles. The third-order valence-electron chi connectivity index (χ3n) is 2.47. The van der Waals surface area contributed by atoms with E-state index < -0.39 is 0 Å². The molecule has 1 aliphatic rings. The lowest BCUT2D eigenvalue weighted by atomic mass is 9.99. The van der Waals surface area contributed by atoms with Crippen molar-refractivity contribution in [2.45, 2.75) is 38.8 Å². The van der Waals surface area contributed by atoms with Crippen LogP contribution >= 0.6 is 11.3 Å². The second-order valence-corrected chi connectivity index (χ2v) is 4.67. The molecule has 1 heterocycles. The van der Waals surface area contributed by atoms with E-state index in [0.717, 1.165) is 24.5 Å². The Hall–Kier alpha value is -0.450. The first-order valence-corrected chi connectivity index (χ1v) is 5.94. The van der Waals surface area contributed by atoms with E-state index in [1.54, 1.807) is 11.3 Å². The average molecular weight is 212 g/mol. The minimum absolute atomic E-state index is 0.214. The molecule has 0 amide bonds. The van der Waals surface area contributed by atoms with Crippen LogP contribution in [0.25, 0.3) is 0 Å². The Kier molecular flexibility index (Phi) is 3.15. The fourth-order valence-corrected chi connectivity index (χ4v) is 2.84. The minimum atomic E-state index is 0.214. The summed E-state index contributed by atoms with van der Waals surface area (Å²) in [5.41, 5.74) is 7.23. The van der Waals surface area contributed by atoms with Crippen LogP contribution in [0.2, 0.25) is 0 Å². The molecule has 1 atom stereocenters. The highest BCUT2D eigenvalue weighted by Crippen LogP contribution is 2.32. The van der Waals surface area contributed by atoms with Crippen molar-refractivity contribution in [3.05, 3.63) is 15.6 Å². The Labute approximate surface area is 88.3 Å². The van der Waals surface area contributed by atoms with Crippen LogP contribution in [0.4, 0.5) is 0 Å². The van der Waals surface area contributed by atoms with Gasteiger partial charge in [0.25, 0.3) is 0 Å². The molecule has 78 valence electrons. The summed E-state index contributed by atoms with van der Waals surface area (Å²) in [7, 11) is 0. The van der Waals surface area contributed by atoms with E-state index in [4.69, 9.17) is 10.5 Å². The van der Waals surface area contributed by atoms with Crippen LogP contribution in [0, 0.1) is 0 Å². The molecular weight excluding hydrogens is 196 g/mol. The van der Waals surface area contributed by atoms with Crippen molar-refractivity contribution < 1.29 is 4.74 Å². The van der Waals surface area contributed by atoms with Gasteiger partial charge in [-0.2, -0.15) is 0 Å². The van der Waals surface area contributed by atoms with Crippen LogP contribution in [-0.2, 0) is 17.8 Å². The number of aromatic nitrogens is 1. The molecule has 3 nitrogen and oxygen atoms in total. The lowest BCUT2D eigenvalue weighted by molar-refractivity contribution is 0.133. The maximum Gasteiger partial charge on any atom is 0.119 e. The van der Waals surface area contributed by atoms with Gasteiger partial charge < -0.3 is 10.5 Å². The smallest absolute Gasteiger partial charge is 0.119 e. The Bertz CT molecular complexity index is 311. The van der Waals surface area contributed by atoms with Gasteiger partial charge in [0.05, 0.1) is 12.3 Å². The predicted molar refractivity (Wildman–Crippen MR) is 57.3 cm³/mol. The summed E-state index contributed by atoms with van der Waals surface area (Å²) in [6.45, 7) is 3.39. The first kappa shape index (κ1) is 10.1. The van der Waals surface area contributed by atoms with Crippen molar-refractivity contribution in [1.29, 1.82) is 0 Å². The standard InChI is InChI=1S/C10H16N2OS/c1-2-13-6-9-12-8-5-3-4-7(11)10(8)14-9/h7H,2-6,11H2,1H3. The number of hydrogen-bond acceptors (Lipinski definition) is 4. The SMILES string of the molecule is CCOCc1nc2c(s1)C(N)CCC2. The van der Waals surface area contributed by atoms with Crippen molar-refractivity contribution in [2.24, 2.45) is 5.73 Å². The molecule has 0 spiro atoms. The Balaban J connectivity index is 2.13. The van der Waals surface area contributed by atoms with Crippen LogP contribution in [0.15, 0.2) is 0 Å². The minimum Gasteiger partial charge on any atom is -0.375 e. The summed E-state index contributed by atoms with van der Waals surface area (Å²) in [6.07, 6.45) is 3.36. The van der Waals surface area contributed by atoms with Gasteiger partial charge in [-0.15, -0.1) is 11.3 Å². The maximum atomic E-state index is 6.02. The monoisotopic (exact) mass is 212 g/mol. The van der Waals surface area contributed by atoms with Gasteiger partial charge in [0.15, 0.2) is 0 Å². The largest absolute Gasteiger partial charge is 0.375 e. The number of rotatable bonds is 3. The van der Waals surface area contributed by atoms with E-state index >= 15 is 0 Å². The van der Waals surface area contributed by atoms with Crippen LogP contribution in [0.5, 0.6) is 0 Å². The molecule has 2 N–H and O–H groups in total. The third-order valence-corrected chi connectivity index (χ3v) is 3.67. The van der Waals surface area contributed by atoms with E-state index in [1.807, 2.05) is 6.92 Å². The highest BCUT2D eigenvalue weighted by molar-refractivity contribution is 7.11. The molecule has 0 aliphatic heterocycles. The van der Waals surface area contributed by atoms with Crippen molar-refractivity contribution in [1.82, 2.24) is 4.98 Å². The third kappa shape index (κ3) is 1.97. The molecular formula is C10H16N2OS. The second-order valence-electron chi connectivity index (χ2n) is 3.55. The van der Waals surface area contributed by atoms with Crippen molar-refractivity contribution in [2.75, 3.05) is 6.61 Å². The van der Waals surface area contributed by atoms with E-state index in [2.05, 4.69) is 4.98 Å². The Morgan fingerprint density at radius 2 is 2.50 bits per heavy atom. The normalized spacial score (nSPS) is 20.9. The maximum absolute atomic E-state index is 6.02. The summed E-state index contributed by atoms with van der Waals surface area (Å²) in [5.74, 6) is 0. The van der Waals surface area contributed by atoms with Crippen molar-refractivity contribution in [3.8, 4) is 0 Å². The van der Waals surface area contributed by atoms with E-state index in [-0.39, 0.29) is 6.04 Å². The van der Waals surface area contributed by atoms with Gasteiger partial charge in [-0.05, 0) is 26.2 Å². The number of aryl methyl sites for hydroxylation is 1. The fraction of sp³-hybridized carbons (Fsp3) is 0.700. The summed E-state index contributed by atoms with van der Waals surface area (Å²) in [5, 5.41) is 1.08. The number of nitrogens with two attached hydrogens (primary N) is 1. The highest BCUT2D eigenvalue weighted by atomic mass is 32.1. The molecule has 0 fully saturated rings. The van der Waals surface area contributed by atoms with E-state index in [9.17, 15) is 0 Å². The molecule has 0 radical (unpaired) electrons. The van der Waals surface area contributed by atoms with Crippen molar-refractivity contribution in [3.63, 3.8) is 0 Å². The summed E-state index contributed by atoms with van der Waals surface area (Å²) in [4.78, 5) is 5.84. The summed E-state index contributed by atoms with van der Waals surface area (Å²) in [6, 6.07) is 0.214. The molecule has 1 unspecified atom stereocenters. The van der Waals surface area contributed by atoms with Gasteiger partial charge in [0.1, 0.15) is 5.01 Å². The van der Waals surface area contributed by atoms with Gasteiger partial charge >= 0.3 is 0 Å². The van der Waals surface area contributed by atoms with E-state index in [1.165, 1.54) is 17.0 Å². The van der Waals surface area contributed by atoms with Crippen LogP contribution < -0.4 is 5.73 Å². The zero-order valence-electron chi connectivity index (χ0n) is 8.45. The molecule has 0 aromatic carbocycles. The zero-order valence-corrected chi connectivity index (χ0v) is 9.27. The molecule has 1 aromatic rings. The number of fused-ring (bicyclic) bond motifs is 1. The Morgan fingerprint density at radius 3 is 3.21 bits per heavy atom. The predicted octanol–water partition coefficient (Wildman–Crippen LogP) is 2.02. The second kappa shape index (κ2) is 4.38. The van der Waals surface area contributed by atoms with Gasteiger partial charge in [-0.1, -0.05) is 0 Å². The summed E-state index contributed by atoms with van der Waals surface area (Å²) >= 11 is 1.72. The first-order valence-electron chi connectivity index (χ1n) is 5.13. The quantitative estimate of drug-likeness (QED) is 0.833.